The average molecular weight is 204 g/mol. The third-order valence-corrected chi connectivity index (χ3v) is 2.42. The van der Waals surface area contributed by atoms with Gasteiger partial charge < -0.3 is 0 Å². The predicted octanol–water partition coefficient (Wildman–Crippen LogP) is 5.06. The summed E-state index contributed by atoms with van der Waals surface area (Å²) in [7, 11) is 0. The minimum Gasteiger partial charge on any atom is -0.0988 e. The molecule has 0 fully saturated rings. The van der Waals surface area contributed by atoms with Gasteiger partial charge in [0.15, 0.2) is 0 Å². The van der Waals surface area contributed by atoms with Gasteiger partial charge in [0.1, 0.15) is 0 Å². The highest BCUT2D eigenvalue weighted by atomic mass is 14.0. The van der Waals surface area contributed by atoms with Crippen LogP contribution in [0.15, 0.2) is 48.1 Å². The molecule has 0 rings (SSSR count). The fourth-order valence-electron chi connectivity index (χ4n) is 1.34. The summed E-state index contributed by atoms with van der Waals surface area (Å²) in [5.74, 6) is 0.743. The van der Waals surface area contributed by atoms with Crippen LogP contribution in [0.3, 0.4) is 0 Å². The van der Waals surface area contributed by atoms with E-state index in [1.54, 1.807) is 0 Å². The smallest absolute Gasteiger partial charge is 0.0273 e. The first-order valence-corrected chi connectivity index (χ1v) is 5.66. The van der Waals surface area contributed by atoms with Crippen molar-refractivity contribution in [2.45, 2.75) is 40.5 Å². The molecule has 0 atom stereocenters. The number of allylic oxidation sites excluding steroid dienone is 6. The van der Waals surface area contributed by atoms with E-state index in [1.807, 2.05) is 19.9 Å². The molecule has 0 heteroatoms. The van der Waals surface area contributed by atoms with Crippen molar-refractivity contribution in [1.29, 1.82) is 0 Å². The minimum atomic E-state index is 0.743. The van der Waals surface area contributed by atoms with E-state index in [9.17, 15) is 0 Å². The Morgan fingerprint density at radius 1 is 1.33 bits per heavy atom. The van der Waals surface area contributed by atoms with Crippen LogP contribution in [0.4, 0.5) is 0 Å². The lowest BCUT2D eigenvalue weighted by Crippen LogP contribution is -1.90. The molecule has 15 heavy (non-hydrogen) atoms. The van der Waals surface area contributed by atoms with Crippen LogP contribution in [0.2, 0.25) is 0 Å². The van der Waals surface area contributed by atoms with Crippen molar-refractivity contribution in [3.8, 4) is 0 Å². The van der Waals surface area contributed by atoms with Crippen LogP contribution in [0, 0.1) is 5.92 Å². The molecular formula is C15H24. The fourth-order valence-corrected chi connectivity index (χ4v) is 1.34. The van der Waals surface area contributed by atoms with Gasteiger partial charge >= 0.3 is 0 Å². The van der Waals surface area contributed by atoms with Crippen molar-refractivity contribution >= 4 is 0 Å². The minimum absolute atomic E-state index is 0.743. The first kappa shape index (κ1) is 14.0. The lowest BCUT2D eigenvalue weighted by atomic mass is 9.99. The SMILES string of the molecule is C=C/C(=C\C(=C/C)C(=C)C)CCC(C)C. The second kappa shape index (κ2) is 7.28. The molecule has 0 heterocycles. The molecule has 0 nitrogen and oxygen atoms in total. The predicted molar refractivity (Wildman–Crippen MR) is 70.9 cm³/mol. The summed E-state index contributed by atoms with van der Waals surface area (Å²) in [5, 5.41) is 0. The van der Waals surface area contributed by atoms with Crippen molar-refractivity contribution in [2.24, 2.45) is 5.92 Å². The second-order valence-corrected chi connectivity index (χ2v) is 4.38. The number of hydrogen-bond acceptors (Lipinski definition) is 0. The topological polar surface area (TPSA) is 0 Å². The first-order chi connectivity index (χ1) is 7.01. The summed E-state index contributed by atoms with van der Waals surface area (Å²) >= 11 is 0. The van der Waals surface area contributed by atoms with Crippen molar-refractivity contribution in [2.75, 3.05) is 0 Å². The molecule has 0 amide bonds. The summed E-state index contributed by atoms with van der Waals surface area (Å²) in [6, 6.07) is 0. The zero-order valence-electron chi connectivity index (χ0n) is 10.6. The van der Waals surface area contributed by atoms with Crippen molar-refractivity contribution in [3.05, 3.63) is 48.1 Å². The van der Waals surface area contributed by atoms with Gasteiger partial charge in [-0.1, -0.05) is 50.8 Å². The molecule has 0 aliphatic rings. The van der Waals surface area contributed by atoms with E-state index in [2.05, 4.69) is 39.2 Å². The van der Waals surface area contributed by atoms with Gasteiger partial charge in [0.25, 0.3) is 0 Å². The largest absolute Gasteiger partial charge is 0.0988 e. The highest BCUT2D eigenvalue weighted by Crippen LogP contribution is 2.17. The Morgan fingerprint density at radius 3 is 2.27 bits per heavy atom. The molecule has 0 aliphatic heterocycles. The summed E-state index contributed by atoms with van der Waals surface area (Å²) in [4.78, 5) is 0. The van der Waals surface area contributed by atoms with E-state index in [1.165, 1.54) is 17.6 Å². The Morgan fingerprint density at radius 2 is 1.93 bits per heavy atom. The third-order valence-electron chi connectivity index (χ3n) is 2.42. The molecule has 0 bridgehead atoms. The standard InChI is InChI=1S/C15H24/c1-7-14(10-9-12(3)4)11-15(8-2)13(5)6/h7-8,11-12H,1,5,9-10H2,2-4,6H3/b14-11+,15-8+. The lowest BCUT2D eigenvalue weighted by molar-refractivity contribution is 0.588. The molecule has 0 saturated heterocycles. The molecule has 0 saturated carbocycles. The van der Waals surface area contributed by atoms with Crippen LogP contribution in [0.25, 0.3) is 0 Å². The fraction of sp³-hybridized carbons (Fsp3) is 0.467. The molecule has 0 radical (unpaired) electrons. The van der Waals surface area contributed by atoms with Crippen LogP contribution in [0.1, 0.15) is 40.5 Å². The molecule has 0 spiro atoms. The summed E-state index contributed by atoms with van der Waals surface area (Å²) in [6.07, 6.45) is 8.56. The Labute approximate surface area is 95.1 Å². The van der Waals surface area contributed by atoms with E-state index in [0.717, 1.165) is 17.9 Å². The van der Waals surface area contributed by atoms with E-state index in [4.69, 9.17) is 0 Å². The molecule has 0 aromatic rings. The Balaban J connectivity index is 4.58. The van der Waals surface area contributed by atoms with Gasteiger partial charge in [-0.15, -0.1) is 0 Å². The molecule has 0 N–H and O–H groups in total. The molecule has 0 aromatic carbocycles. The van der Waals surface area contributed by atoms with Gasteiger partial charge in [0, 0.05) is 0 Å². The van der Waals surface area contributed by atoms with Gasteiger partial charge in [-0.25, -0.2) is 0 Å². The average Bonchev–Trinajstić information content (AvgIpc) is 2.17. The van der Waals surface area contributed by atoms with E-state index in [0.29, 0.717) is 0 Å². The number of hydrogen-bond donors (Lipinski definition) is 0. The molecule has 0 aromatic heterocycles. The van der Waals surface area contributed by atoms with Gasteiger partial charge in [0.05, 0.1) is 0 Å². The normalized spacial score (nSPS) is 13.1. The highest BCUT2D eigenvalue weighted by Gasteiger charge is 1.99. The Kier molecular flexibility index (Phi) is 6.77. The van der Waals surface area contributed by atoms with Crippen molar-refractivity contribution < 1.29 is 0 Å². The molecular weight excluding hydrogens is 180 g/mol. The summed E-state index contributed by atoms with van der Waals surface area (Å²) in [5.41, 5.74) is 3.63. The summed E-state index contributed by atoms with van der Waals surface area (Å²) < 4.78 is 0. The van der Waals surface area contributed by atoms with Gasteiger partial charge in [-0.3, -0.25) is 0 Å². The molecule has 0 unspecified atom stereocenters. The maximum absolute atomic E-state index is 3.96. The van der Waals surface area contributed by atoms with E-state index < -0.39 is 0 Å². The van der Waals surface area contributed by atoms with Crippen LogP contribution in [-0.2, 0) is 0 Å². The zero-order valence-corrected chi connectivity index (χ0v) is 10.6. The van der Waals surface area contributed by atoms with E-state index in [-0.39, 0.29) is 0 Å². The van der Waals surface area contributed by atoms with E-state index >= 15 is 0 Å². The first-order valence-electron chi connectivity index (χ1n) is 5.66. The van der Waals surface area contributed by atoms with Crippen LogP contribution in [-0.4, -0.2) is 0 Å². The monoisotopic (exact) mass is 204 g/mol. The molecule has 0 aliphatic carbocycles. The summed E-state index contributed by atoms with van der Waals surface area (Å²) in [6.45, 7) is 16.4. The van der Waals surface area contributed by atoms with Gasteiger partial charge in [-0.2, -0.15) is 0 Å². The third kappa shape index (κ3) is 6.11. The van der Waals surface area contributed by atoms with Crippen molar-refractivity contribution in [1.82, 2.24) is 0 Å². The van der Waals surface area contributed by atoms with Crippen LogP contribution < -0.4 is 0 Å². The van der Waals surface area contributed by atoms with Gasteiger partial charge in [-0.05, 0) is 43.8 Å². The van der Waals surface area contributed by atoms with Crippen LogP contribution in [0.5, 0.6) is 0 Å². The maximum Gasteiger partial charge on any atom is -0.0273 e. The quantitative estimate of drug-likeness (QED) is 0.531. The van der Waals surface area contributed by atoms with Crippen LogP contribution >= 0.6 is 0 Å². The second-order valence-electron chi connectivity index (χ2n) is 4.38. The maximum atomic E-state index is 3.96. The highest BCUT2D eigenvalue weighted by molar-refractivity contribution is 5.40. The Hall–Kier alpha value is -1.04. The number of rotatable bonds is 6. The molecule has 84 valence electrons. The zero-order chi connectivity index (χ0) is 11.8. The Bertz CT molecular complexity index is 274. The lowest BCUT2D eigenvalue weighted by Gasteiger charge is -2.07. The van der Waals surface area contributed by atoms with Crippen molar-refractivity contribution in [3.63, 3.8) is 0 Å². The van der Waals surface area contributed by atoms with Gasteiger partial charge in [0.2, 0.25) is 0 Å².